The van der Waals surface area contributed by atoms with Crippen LogP contribution in [0, 0.1) is 5.41 Å². The van der Waals surface area contributed by atoms with Gasteiger partial charge in [-0.3, -0.25) is 0 Å². The molecule has 1 atom stereocenters. The molecular formula is C14H17ClO. The highest BCUT2D eigenvalue weighted by Crippen LogP contribution is 2.43. The summed E-state index contributed by atoms with van der Waals surface area (Å²) in [7, 11) is 0. The number of hydrogen-bond acceptors (Lipinski definition) is 1. The summed E-state index contributed by atoms with van der Waals surface area (Å²) in [6.07, 6.45) is 4.42. The lowest BCUT2D eigenvalue weighted by Crippen LogP contribution is -2.27. The van der Waals surface area contributed by atoms with Crippen molar-refractivity contribution in [2.75, 3.05) is 0 Å². The van der Waals surface area contributed by atoms with E-state index in [2.05, 4.69) is 6.07 Å². The van der Waals surface area contributed by atoms with Gasteiger partial charge in [0.2, 0.25) is 0 Å². The van der Waals surface area contributed by atoms with Gasteiger partial charge >= 0.3 is 0 Å². The van der Waals surface area contributed by atoms with Crippen molar-refractivity contribution in [1.29, 1.82) is 0 Å². The Kier molecular flexibility index (Phi) is 3.07. The van der Waals surface area contributed by atoms with Gasteiger partial charge in [0.05, 0.1) is 0 Å². The number of hydrogen-bond donors (Lipinski definition) is 0. The van der Waals surface area contributed by atoms with Crippen LogP contribution in [0.15, 0.2) is 18.2 Å². The van der Waals surface area contributed by atoms with E-state index in [4.69, 9.17) is 11.6 Å². The van der Waals surface area contributed by atoms with Crippen LogP contribution < -0.4 is 0 Å². The molecule has 0 saturated carbocycles. The van der Waals surface area contributed by atoms with Crippen molar-refractivity contribution in [3.8, 4) is 0 Å². The summed E-state index contributed by atoms with van der Waals surface area (Å²) in [4.78, 5) is 11.2. The second-order valence-electron chi connectivity index (χ2n) is 5.23. The SMILES string of the molecule is CC(C)(C=O)C1CCCc2cc(Cl)ccc21. The minimum absolute atomic E-state index is 0.275. The largest absolute Gasteiger partial charge is 0.303 e. The van der Waals surface area contributed by atoms with Gasteiger partial charge < -0.3 is 4.79 Å². The molecule has 1 nitrogen and oxygen atoms in total. The third-order valence-electron chi connectivity index (χ3n) is 3.62. The van der Waals surface area contributed by atoms with Crippen LogP contribution in [-0.2, 0) is 11.2 Å². The number of benzene rings is 1. The first-order chi connectivity index (χ1) is 7.54. The number of halogens is 1. The van der Waals surface area contributed by atoms with Gasteiger partial charge in [0, 0.05) is 10.4 Å². The van der Waals surface area contributed by atoms with Crippen molar-refractivity contribution in [3.63, 3.8) is 0 Å². The predicted molar refractivity (Wildman–Crippen MR) is 67.0 cm³/mol. The van der Waals surface area contributed by atoms with Gasteiger partial charge in [0.25, 0.3) is 0 Å². The fourth-order valence-electron chi connectivity index (χ4n) is 2.64. The lowest BCUT2D eigenvalue weighted by molar-refractivity contribution is -0.115. The molecule has 1 aromatic rings. The Hall–Kier alpha value is -0.820. The molecule has 0 saturated heterocycles. The van der Waals surface area contributed by atoms with Gasteiger partial charge in [-0.1, -0.05) is 31.5 Å². The van der Waals surface area contributed by atoms with Crippen LogP contribution >= 0.6 is 11.6 Å². The molecule has 2 heteroatoms. The first-order valence-corrected chi connectivity index (χ1v) is 6.17. The number of aryl methyl sites for hydroxylation is 1. The van der Waals surface area contributed by atoms with Crippen LogP contribution in [0.4, 0.5) is 0 Å². The van der Waals surface area contributed by atoms with Gasteiger partial charge in [-0.2, -0.15) is 0 Å². The molecule has 0 radical (unpaired) electrons. The molecule has 86 valence electrons. The molecule has 1 aliphatic rings. The van der Waals surface area contributed by atoms with Crippen LogP contribution in [0.5, 0.6) is 0 Å². The maximum atomic E-state index is 11.2. The van der Waals surface area contributed by atoms with Gasteiger partial charge in [0.15, 0.2) is 0 Å². The van der Waals surface area contributed by atoms with Crippen molar-refractivity contribution in [1.82, 2.24) is 0 Å². The normalized spacial score (nSPS) is 20.3. The highest BCUT2D eigenvalue weighted by atomic mass is 35.5. The average molecular weight is 237 g/mol. The van der Waals surface area contributed by atoms with Crippen molar-refractivity contribution in [2.45, 2.75) is 39.0 Å². The molecule has 0 amide bonds. The topological polar surface area (TPSA) is 17.1 Å². The Labute approximate surface area is 102 Å². The number of carbonyl (C=O) groups excluding carboxylic acids is 1. The number of fused-ring (bicyclic) bond motifs is 1. The van der Waals surface area contributed by atoms with Gasteiger partial charge in [0.1, 0.15) is 6.29 Å². The molecular weight excluding hydrogens is 220 g/mol. The third-order valence-corrected chi connectivity index (χ3v) is 3.86. The average Bonchev–Trinajstić information content (AvgIpc) is 2.27. The lowest BCUT2D eigenvalue weighted by Gasteiger charge is -2.34. The van der Waals surface area contributed by atoms with E-state index >= 15 is 0 Å². The van der Waals surface area contributed by atoms with E-state index in [0.717, 1.165) is 30.6 Å². The third kappa shape index (κ3) is 2.01. The molecule has 1 aliphatic carbocycles. The van der Waals surface area contributed by atoms with Crippen molar-refractivity contribution < 1.29 is 4.79 Å². The van der Waals surface area contributed by atoms with Crippen LogP contribution in [0.3, 0.4) is 0 Å². The summed E-state index contributed by atoms with van der Waals surface area (Å²) >= 11 is 6.00. The van der Waals surface area contributed by atoms with E-state index in [1.165, 1.54) is 11.1 Å². The Bertz CT molecular complexity index is 409. The summed E-state index contributed by atoms with van der Waals surface area (Å²) in [6, 6.07) is 6.07. The Morgan fingerprint density at radius 2 is 2.19 bits per heavy atom. The fraction of sp³-hybridized carbons (Fsp3) is 0.500. The molecule has 0 N–H and O–H groups in total. The quantitative estimate of drug-likeness (QED) is 0.710. The van der Waals surface area contributed by atoms with Crippen LogP contribution in [0.25, 0.3) is 0 Å². The summed E-state index contributed by atoms with van der Waals surface area (Å²) in [6.45, 7) is 4.04. The zero-order valence-corrected chi connectivity index (χ0v) is 10.6. The standard InChI is InChI=1S/C14H17ClO/c1-14(2,9-16)13-5-3-4-10-8-11(15)6-7-12(10)13/h6-9,13H,3-5H2,1-2H3. The maximum absolute atomic E-state index is 11.2. The monoisotopic (exact) mass is 236 g/mol. The number of aldehydes is 1. The molecule has 0 bridgehead atoms. The highest BCUT2D eigenvalue weighted by Gasteiger charge is 2.33. The zero-order valence-electron chi connectivity index (χ0n) is 9.79. The predicted octanol–water partition coefficient (Wildman–Crippen LogP) is 3.99. The lowest BCUT2D eigenvalue weighted by atomic mass is 9.69. The van der Waals surface area contributed by atoms with Crippen LogP contribution in [0.2, 0.25) is 5.02 Å². The molecule has 0 heterocycles. The number of carbonyl (C=O) groups is 1. The van der Waals surface area contributed by atoms with Crippen molar-refractivity contribution >= 4 is 17.9 Å². The Morgan fingerprint density at radius 1 is 1.44 bits per heavy atom. The van der Waals surface area contributed by atoms with Crippen molar-refractivity contribution in [3.05, 3.63) is 34.3 Å². The molecule has 1 aromatic carbocycles. The second-order valence-corrected chi connectivity index (χ2v) is 5.66. The summed E-state index contributed by atoms with van der Waals surface area (Å²) in [5, 5.41) is 0.795. The smallest absolute Gasteiger partial charge is 0.126 e. The first-order valence-electron chi connectivity index (χ1n) is 5.79. The number of rotatable bonds is 2. The molecule has 0 aromatic heterocycles. The van der Waals surface area contributed by atoms with E-state index in [1.807, 2.05) is 26.0 Å². The first kappa shape index (κ1) is 11.7. The summed E-state index contributed by atoms with van der Waals surface area (Å²) in [5.74, 6) is 0.339. The van der Waals surface area contributed by atoms with E-state index in [-0.39, 0.29) is 5.41 Å². The van der Waals surface area contributed by atoms with E-state index < -0.39 is 0 Å². The fourth-order valence-corrected chi connectivity index (χ4v) is 2.83. The van der Waals surface area contributed by atoms with Gasteiger partial charge in [-0.05, 0) is 48.4 Å². The molecule has 16 heavy (non-hydrogen) atoms. The van der Waals surface area contributed by atoms with Crippen LogP contribution in [0.1, 0.15) is 43.7 Å². The molecule has 0 fully saturated rings. The maximum Gasteiger partial charge on any atom is 0.126 e. The zero-order chi connectivity index (χ0) is 11.8. The minimum atomic E-state index is -0.275. The second kappa shape index (κ2) is 4.21. The minimum Gasteiger partial charge on any atom is -0.303 e. The molecule has 2 rings (SSSR count). The molecule has 0 spiro atoms. The van der Waals surface area contributed by atoms with Gasteiger partial charge in [-0.25, -0.2) is 0 Å². The Balaban J connectivity index is 2.44. The Morgan fingerprint density at radius 3 is 2.88 bits per heavy atom. The van der Waals surface area contributed by atoms with E-state index in [9.17, 15) is 4.79 Å². The molecule has 1 unspecified atom stereocenters. The summed E-state index contributed by atoms with van der Waals surface area (Å²) < 4.78 is 0. The van der Waals surface area contributed by atoms with Gasteiger partial charge in [-0.15, -0.1) is 0 Å². The van der Waals surface area contributed by atoms with E-state index in [0.29, 0.717) is 5.92 Å². The molecule has 0 aliphatic heterocycles. The van der Waals surface area contributed by atoms with Crippen LogP contribution in [-0.4, -0.2) is 6.29 Å². The summed E-state index contributed by atoms with van der Waals surface area (Å²) in [5.41, 5.74) is 2.36. The van der Waals surface area contributed by atoms with Crippen molar-refractivity contribution in [2.24, 2.45) is 5.41 Å². The highest BCUT2D eigenvalue weighted by molar-refractivity contribution is 6.30. The van der Waals surface area contributed by atoms with E-state index in [1.54, 1.807) is 0 Å².